The third-order valence-corrected chi connectivity index (χ3v) is 7.57. The van der Waals surface area contributed by atoms with Crippen molar-refractivity contribution >= 4 is 21.6 Å². The maximum absolute atomic E-state index is 13.2. The molecular formula is C20H25N3O3S. The van der Waals surface area contributed by atoms with Crippen LogP contribution in [0.5, 0.6) is 0 Å². The van der Waals surface area contributed by atoms with Crippen LogP contribution in [0, 0.1) is 5.92 Å². The fourth-order valence-corrected chi connectivity index (χ4v) is 5.74. The molecule has 1 atom stereocenters. The van der Waals surface area contributed by atoms with Crippen molar-refractivity contribution in [3.8, 4) is 0 Å². The average Bonchev–Trinajstić information content (AvgIpc) is 3.24. The van der Waals surface area contributed by atoms with Crippen molar-refractivity contribution < 1.29 is 13.2 Å². The van der Waals surface area contributed by atoms with Crippen molar-refractivity contribution in [2.24, 2.45) is 13.0 Å². The lowest BCUT2D eigenvalue weighted by molar-refractivity contribution is -0.123. The van der Waals surface area contributed by atoms with Crippen LogP contribution in [-0.2, 0) is 28.3 Å². The third kappa shape index (κ3) is 3.19. The summed E-state index contributed by atoms with van der Waals surface area (Å²) in [5.41, 5.74) is 2.22. The molecule has 1 saturated heterocycles. The van der Waals surface area contributed by atoms with Crippen molar-refractivity contribution in [2.45, 2.75) is 37.1 Å². The Bertz CT molecular complexity index is 958. The van der Waals surface area contributed by atoms with Crippen LogP contribution in [-0.4, -0.2) is 42.3 Å². The highest BCUT2D eigenvalue weighted by Crippen LogP contribution is 2.35. The Morgan fingerprint density at radius 3 is 2.48 bits per heavy atom. The standard InChI is InChI=1S/C20H25N3O3S/c1-15-13-17-5-3-4-6-19(17)23(15)20(24)16-7-11-22(12-8-16)27(25,26)18-9-10-21(2)14-18/h3-6,9-10,14-16H,7-8,11-13H2,1-2H3. The Kier molecular flexibility index (Phi) is 4.60. The van der Waals surface area contributed by atoms with E-state index >= 15 is 0 Å². The molecule has 0 bridgehead atoms. The quantitative estimate of drug-likeness (QED) is 0.812. The number of para-hydroxylation sites is 1. The number of carbonyl (C=O) groups excluding carboxylic acids is 1. The molecule has 6 nitrogen and oxygen atoms in total. The molecule has 2 aromatic rings. The highest BCUT2D eigenvalue weighted by atomic mass is 32.2. The summed E-state index contributed by atoms with van der Waals surface area (Å²) in [7, 11) is -1.68. The second-order valence-electron chi connectivity index (χ2n) is 7.58. The van der Waals surface area contributed by atoms with Gasteiger partial charge in [-0.05, 0) is 43.9 Å². The minimum atomic E-state index is -3.48. The van der Waals surface area contributed by atoms with E-state index in [4.69, 9.17) is 0 Å². The van der Waals surface area contributed by atoms with E-state index in [2.05, 4.69) is 13.0 Å². The van der Waals surface area contributed by atoms with Gasteiger partial charge in [-0.1, -0.05) is 18.2 Å². The summed E-state index contributed by atoms with van der Waals surface area (Å²) in [5, 5.41) is 0. The molecule has 27 heavy (non-hydrogen) atoms. The topological polar surface area (TPSA) is 62.6 Å². The van der Waals surface area contributed by atoms with Crippen LogP contribution in [0.1, 0.15) is 25.3 Å². The molecule has 1 aromatic heterocycles. The van der Waals surface area contributed by atoms with Gasteiger partial charge in [-0.15, -0.1) is 0 Å². The number of carbonyl (C=O) groups is 1. The lowest BCUT2D eigenvalue weighted by Crippen LogP contribution is -2.46. The van der Waals surface area contributed by atoms with Crippen molar-refractivity contribution in [3.05, 3.63) is 48.3 Å². The minimum absolute atomic E-state index is 0.124. The van der Waals surface area contributed by atoms with Crippen molar-refractivity contribution in [2.75, 3.05) is 18.0 Å². The summed E-state index contributed by atoms with van der Waals surface area (Å²) in [6.45, 7) is 2.85. The summed E-state index contributed by atoms with van der Waals surface area (Å²) in [4.78, 5) is 15.4. The van der Waals surface area contributed by atoms with Crippen LogP contribution in [0.3, 0.4) is 0 Å². The SMILES string of the molecule is CC1Cc2ccccc2N1C(=O)C1CCN(S(=O)(=O)c2ccn(C)c2)CC1. The lowest BCUT2D eigenvalue weighted by atomic mass is 9.96. The molecule has 1 unspecified atom stereocenters. The molecule has 2 aliphatic rings. The monoisotopic (exact) mass is 387 g/mol. The zero-order valence-electron chi connectivity index (χ0n) is 15.7. The summed E-state index contributed by atoms with van der Waals surface area (Å²) in [6.07, 6.45) is 5.36. The zero-order valence-corrected chi connectivity index (χ0v) is 16.5. The first-order valence-corrected chi connectivity index (χ1v) is 10.8. The highest BCUT2D eigenvalue weighted by molar-refractivity contribution is 7.89. The van der Waals surface area contributed by atoms with E-state index in [9.17, 15) is 13.2 Å². The number of piperidine rings is 1. The first kappa shape index (κ1) is 18.3. The predicted octanol–water partition coefficient (Wildman–Crippen LogP) is 2.40. The van der Waals surface area contributed by atoms with Gasteiger partial charge >= 0.3 is 0 Å². The fraction of sp³-hybridized carbons (Fsp3) is 0.450. The van der Waals surface area contributed by atoms with Crippen molar-refractivity contribution in [1.82, 2.24) is 8.87 Å². The molecule has 1 fully saturated rings. The molecule has 1 amide bonds. The number of anilines is 1. The van der Waals surface area contributed by atoms with Crippen LogP contribution in [0.15, 0.2) is 47.6 Å². The van der Waals surface area contributed by atoms with Gasteiger partial charge in [0.05, 0.1) is 4.90 Å². The zero-order chi connectivity index (χ0) is 19.2. The first-order valence-electron chi connectivity index (χ1n) is 9.41. The van der Waals surface area contributed by atoms with Gasteiger partial charge in [0, 0.05) is 50.2 Å². The van der Waals surface area contributed by atoms with Crippen LogP contribution in [0.2, 0.25) is 0 Å². The third-order valence-electron chi connectivity index (χ3n) is 5.69. The predicted molar refractivity (Wildman–Crippen MR) is 104 cm³/mol. The Morgan fingerprint density at radius 1 is 1.11 bits per heavy atom. The fourth-order valence-electron chi connectivity index (χ4n) is 4.22. The van der Waals surface area contributed by atoms with Crippen molar-refractivity contribution in [3.63, 3.8) is 0 Å². The summed E-state index contributed by atoms with van der Waals surface area (Å²) < 4.78 is 28.8. The summed E-state index contributed by atoms with van der Waals surface area (Å²) in [6, 6.07) is 9.83. The second-order valence-corrected chi connectivity index (χ2v) is 9.52. The van der Waals surface area contributed by atoms with E-state index in [1.807, 2.05) is 23.1 Å². The minimum Gasteiger partial charge on any atom is -0.356 e. The Balaban J connectivity index is 1.46. The van der Waals surface area contributed by atoms with E-state index in [0.29, 0.717) is 30.8 Å². The van der Waals surface area contributed by atoms with Crippen LogP contribution >= 0.6 is 0 Å². The number of benzene rings is 1. The molecule has 0 N–H and O–H groups in total. The summed E-state index contributed by atoms with van der Waals surface area (Å²) >= 11 is 0. The van der Waals surface area contributed by atoms with Gasteiger partial charge in [0.15, 0.2) is 0 Å². The first-order chi connectivity index (χ1) is 12.9. The number of amides is 1. The number of aryl methyl sites for hydroxylation is 1. The molecule has 4 rings (SSSR count). The smallest absolute Gasteiger partial charge is 0.244 e. The van der Waals surface area contributed by atoms with Gasteiger partial charge in [-0.3, -0.25) is 4.79 Å². The Morgan fingerprint density at radius 2 is 1.81 bits per heavy atom. The van der Waals surface area contributed by atoms with Gasteiger partial charge in [0.1, 0.15) is 0 Å². The molecule has 0 spiro atoms. The normalized spacial score (nSPS) is 21.4. The molecule has 1 aromatic carbocycles. The molecule has 0 radical (unpaired) electrons. The number of aromatic nitrogens is 1. The van der Waals surface area contributed by atoms with Crippen LogP contribution in [0.4, 0.5) is 5.69 Å². The molecule has 7 heteroatoms. The molecule has 2 aliphatic heterocycles. The average molecular weight is 388 g/mol. The van der Waals surface area contributed by atoms with Gasteiger partial charge in [0.25, 0.3) is 0 Å². The number of hydrogen-bond acceptors (Lipinski definition) is 3. The van der Waals surface area contributed by atoms with E-state index in [0.717, 1.165) is 12.1 Å². The van der Waals surface area contributed by atoms with E-state index in [1.165, 1.54) is 9.87 Å². The molecule has 0 saturated carbocycles. The van der Waals surface area contributed by atoms with Gasteiger partial charge < -0.3 is 9.47 Å². The Hall–Kier alpha value is -2.12. The molecule has 144 valence electrons. The Labute approximate surface area is 160 Å². The lowest BCUT2D eigenvalue weighted by Gasteiger charge is -2.33. The van der Waals surface area contributed by atoms with Crippen LogP contribution in [0.25, 0.3) is 0 Å². The molecule has 3 heterocycles. The number of nitrogens with zero attached hydrogens (tertiary/aromatic N) is 3. The van der Waals surface area contributed by atoms with Gasteiger partial charge in [0.2, 0.25) is 15.9 Å². The maximum Gasteiger partial charge on any atom is 0.244 e. The summed E-state index contributed by atoms with van der Waals surface area (Å²) in [5.74, 6) is 0.00467. The number of rotatable bonds is 3. The highest BCUT2D eigenvalue weighted by Gasteiger charge is 2.38. The number of fused-ring (bicyclic) bond motifs is 1. The van der Waals surface area contributed by atoms with Gasteiger partial charge in [-0.2, -0.15) is 4.31 Å². The van der Waals surface area contributed by atoms with Gasteiger partial charge in [-0.25, -0.2) is 8.42 Å². The van der Waals surface area contributed by atoms with E-state index in [-0.39, 0.29) is 17.9 Å². The number of sulfonamides is 1. The van der Waals surface area contributed by atoms with Crippen LogP contribution < -0.4 is 4.90 Å². The largest absolute Gasteiger partial charge is 0.356 e. The maximum atomic E-state index is 13.2. The second kappa shape index (κ2) is 6.80. The molecular weight excluding hydrogens is 362 g/mol. The molecule has 0 aliphatic carbocycles. The van der Waals surface area contributed by atoms with E-state index in [1.54, 1.807) is 30.1 Å². The van der Waals surface area contributed by atoms with Crippen molar-refractivity contribution in [1.29, 1.82) is 0 Å². The number of hydrogen-bond donors (Lipinski definition) is 0. The van der Waals surface area contributed by atoms with E-state index < -0.39 is 10.0 Å².